The molecule has 0 fully saturated rings. The second-order valence-electron chi connectivity index (χ2n) is 2.46. The Hall–Kier alpha value is -0.650. The van der Waals surface area contributed by atoms with Gasteiger partial charge in [-0.15, -0.1) is 0 Å². The monoisotopic (exact) mass is 246 g/mol. The third-order valence-electron chi connectivity index (χ3n) is 1.64. The van der Waals surface area contributed by atoms with Crippen LogP contribution in [0.5, 0.6) is 5.75 Å². The van der Waals surface area contributed by atoms with Gasteiger partial charge in [0.15, 0.2) is 0 Å². The molecule has 0 radical (unpaired) electrons. The molecule has 0 aliphatic heterocycles. The summed E-state index contributed by atoms with van der Waals surface area (Å²) in [6.45, 7) is 0.138. The molecule has 4 nitrogen and oxygen atoms in total. The number of hydrogen-bond donors (Lipinski definition) is 2. The number of pyridine rings is 1. The van der Waals surface area contributed by atoms with Gasteiger partial charge in [0.1, 0.15) is 11.9 Å². The predicted octanol–water partition coefficient (Wildman–Crippen LogP) is 0.845. The first-order valence-electron chi connectivity index (χ1n) is 3.77. The molecule has 0 saturated heterocycles. The van der Waals surface area contributed by atoms with Gasteiger partial charge in [0.2, 0.25) is 0 Å². The summed E-state index contributed by atoms with van der Waals surface area (Å²) in [4.78, 5) is 4.00. The maximum atomic E-state index is 9.46. The van der Waals surface area contributed by atoms with Crippen LogP contribution in [0.2, 0.25) is 0 Å². The molecule has 13 heavy (non-hydrogen) atoms. The molecule has 3 N–H and O–H groups in total. The quantitative estimate of drug-likeness (QED) is 0.830. The van der Waals surface area contributed by atoms with Crippen LogP contribution in [0.3, 0.4) is 0 Å². The number of rotatable bonds is 3. The molecule has 0 spiro atoms. The highest BCUT2D eigenvalue weighted by atomic mass is 79.9. The van der Waals surface area contributed by atoms with Crippen LogP contribution in [0.1, 0.15) is 11.8 Å². The average molecular weight is 247 g/mol. The molecule has 1 rings (SSSR count). The fourth-order valence-electron chi connectivity index (χ4n) is 0.943. The number of aliphatic hydroxyl groups excluding tert-OH is 1. The Kier molecular flexibility index (Phi) is 3.65. The number of aromatic nitrogens is 1. The van der Waals surface area contributed by atoms with Crippen LogP contribution in [0.4, 0.5) is 0 Å². The molecule has 1 unspecified atom stereocenters. The molecule has 1 heterocycles. The lowest BCUT2D eigenvalue weighted by Crippen LogP contribution is -2.13. The summed E-state index contributed by atoms with van der Waals surface area (Å²) in [6.07, 6.45) is 0.808. The molecule has 72 valence electrons. The first-order valence-corrected chi connectivity index (χ1v) is 4.56. The summed E-state index contributed by atoms with van der Waals surface area (Å²) in [5, 5.41) is 9.46. The van der Waals surface area contributed by atoms with Crippen molar-refractivity contribution in [3.8, 4) is 5.75 Å². The minimum atomic E-state index is -0.760. The van der Waals surface area contributed by atoms with E-state index < -0.39 is 6.10 Å². The van der Waals surface area contributed by atoms with Crippen molar-refractivity contribution in [3.05, 3.63) is 22.4 Å². The fourth-order valence-corrected chi connectivity index (χ4v) is 1.60. The van der Waals surface area contributed by atoms with Gasteiger partial charge < -0.3 is 15.6 Å². The summed E-state index contributed by atoms with van der Waals surface area (Å²) in [5.41, 5.74) is 5.81. The van der Waals surface area contributed by atoms with E-state index in [1.165, 1.54) is 0 Å². The van der Waals surface area contributed by atoms with Crippen molar-refractivity contribution < 1.29 is 9.84 Å². The summed E-state index contributed by atoms with van der Waals surface area (Å²) in [6, 6.07) is 1.71. The van der Waals surface area contributed by atoms with Crippen LogP contribution < -0.4 is 10.5 Å². The lowest BCUT2D eigenvalue weighted by Gasteiger charge is -2.11. The zero-order chi connectivity index (χ0) is 9.84. The molecule has 1 atom stereocenters. The minimum absolute atomic E-state index is 0.138. The lowest BCUT2D eigenvalue weighted by molar-refractivity contribution is 0.180. The van der Waals surface area contributed by atoms with Crippen molar-refractivity contribution >= 4 is 15.9 Å². The van der Waals surface area contributed by atoms with Gasteiger partial charge in [-0.05, 0) is 22.0 Å². The Balaban J connectivity index is 3.08. The number of methoxy groups -OCH3 is 1. The minimum Gasteiger partial charge on any atom is -0.495 e. The van der Waals surface area contributed by atoms with E-state index in [2.05, 4.69) is 20.9 Å². The Morgan fingerprint density at radius 2 is 2.46 bits per heavy atom. The van der Waals surface area contributed by atoms with Crippen LogP contribution in [0.15, 0.2) is 16.7 Å². The van der Waals surface area contributed by atoms with E-state index in [4.69, 9.17) is 10.5 Å². The van der Waals surface area contributed by atoms with Crippen molar-refractivity contribution in [3.63, 3.8) is 0 Å². The van der Waals surface area contributed by atoms with Gasteiger partial charge in [0, 0.05) is 12.7 Å². The maximum Gasteiger partial charge on any atom is 0.136 e. The van der Waals surface area contributed by atoms with Crippen molar-refractivity contribution in [2.45, 2.75) is 6.10 Å². The first kappa shape index (κ1) is 10.4. The van der Waals surface area contributed by atoms with E-state index in [-0.39, 0.29) is 6.54 Å². The second kappa shape index (κ2) is 4.55. The van der Waals surface area contributed by atoms with Crippen LogP contribution in [0.25, 0.3) is 0 Å². The molecule has 0 amide bonds. The third-order valence-corrected chi connectivity index (χ3v) is 2.44. The number of ether oxygens (including phenoxy) is 1. The Labute approximate surface area is 84.9 Å². The fraction of sp³-hybridized carbons (Fsp3) is 0.375. The van der Waals surface area contributed by atoms with E-state index in [0.717, 1.165) is 0 Å². The molecule has 0 aromatic carbocycles. The summed E-state index contributed by atoms with van der Waals surface area (Å²) < 4.78 is 5.69. The van der Waals surface area contributed by atoms with Crippen molar-refractivity contribution in [1.29, 1.82) is 0 Å². The van der Waals surface area contributed by atoms with E-state index in [1.807, 2.05) is 0 Å². The number of nitrogens with zero attached hydrogens (tertiary/aromatic N) is 1. The molecule has 0 saturated carbocycles. The third kappa shape index (κ3) is 2.18. The van der Waals surface area contributed by atoms with Gasteiger partial charge in [0.25, 0.3) is 0 Å². The molecular formula is C8H11BrN2O2. The van der Waals surface area contributed by atoms with E-state index >= 15 is 0 Å². The SMILES string of the molecule is COc1ccnc(C(O)CN)c1Br. The molecular weight excluding hydrogens is 236 g/mol. The molecule has 1 aromatic rings. The number of nitrogens with two attached hydrogens (primary N) is 1. The van der Waals surface area contributed by atoms with Crippen molar-refractivity contribution in [2.75, 3.05) is 13.7 Å². The normalized spacial score (nSPS) is 12.6. The van der Waals surface area contributed by atoms with Crippen molar-refractivity contribution in [2.24, 2.45) is 5.73 Å². The van der Waals surface area contributed by atoms with E-state index in [0.29, 0.717) is 15.9 Å². The standard InChI is InChI=1S/C8H11BrN2O2/c1-13-6-2-3-11-8(7(6)9)5(12)4-10/h2-3,5,12H,4,10H2,1H3. The highest BCUT2D eigenvalue weighted by Crippen LogP contribution is 2.29. The van der Waals surface area contributed by atoms with Gasteiger partial charge in [-0.2, -0.15) is 0 Å². The number of aliphatic hydroxyl groups is 1. The van der Waals surface area contributed by atoms with Crippen LogP contribution in [-0.2, 0) is 0 Å². The van der Waals surface area contributed by atoms with Crippen LogP contribution in [0, 0.1) is 0 Å². The maximum absolute atomic E-state index is 9.46. The number of halogens is 1. The van der Waals surface area contributed by atoms with Gasteiger partial charge in [-0.1, -0.05) is 0 Å². The average Bonchev–Trinajstić information content (AvgIpc) is 2.17. The summed E-state index contributed by atoms with van der Waals surface area (Å²) in [7, 11) is 1.55. The highest BCUT2D eigenvalue weighted by Gasteiger charge is 2.13. The van der Waals surface area contributed by atoms with Gasteiger partial charge in [-0.3, -0.25) is 4.98 Å². The topological polar surface area (TPSA) is 68.4 Å². The molecule has 0 aliphatic rings. The van der Waals surface area contributed by atoms with Crippen LogP contribution >= 0.6 is 15.9 Å². The Morgan fingerprint density at radius 1 is 1.77 bits per heavy atom. The zero-order valence-corrected chi connectivity index (χ0v) is 8.78. The predicted molar refractivity (Wildman–Crippen MR) is 52.5 cm³/mol. The number of hydrogen-bond acceptors (Lipinski definition) is 4. The Bertz CT molecular complexity index is 293. The lowest BCUT2D eigenvalue weighted by atomic mass is 10.2. The zero-order valence-electron chi connectivity index (χ0n) is 7.20. The summed E-state index contributed by atoms with van der Waals surface area (Å²) >= 11 is 3.28. The van der Waals surface area contributed by atoms with E-state index in [9.17, 15) is 5.11 Å². The van der Waals surface area contributed by atoms with E-state index in [1.54, 1.807) is 19.4 Å². The molecule has 5 heteroatoms. The van der Waals surface area contributed by atoms with Gasteiger partial charge in [-0.25, -0.2) is 0 Å². The largest absolute Gasteiger partial charge is 0.495 e. The smallest absolute Gasteiger partial charge is 0.136 e. The van der Waals surface area contributed by atoms with Gasteiger partial charge in [0.05, 0.1) is 17.3 Å². The summed E-state index contributed by atoms with van der Waals surface area (Å²) in [5.74, 6) is 0.637. The van der Waals surface area contributed by atoms with Gasteiger partial charge >= 0.3 is 0 Å². The highest BCUT2D eigenvalue weighted by molar-refractivity contribution is 9.10. The molecule has 0 bridgehead atoms. The Morgan fingerprint density at radius 3 is 3.00 bits per heavy atom. The molecule has 1 aromatic heterocycles. The second-order valence-corrected chi connectivity index (χ2v) is 3.26. The van der Waals surface area contributed by atoms with Crippen LogP contribution in [-0.4, -0.2) is 23.7 Å². The first-order chi connectivity index (χ1) is 6.20. The molecule has 0 aliphatic carbocycles. The van der Waals surface area contributed by atoms with Crippen molar-refractivity contribution in [1.82, 2.24) is 4.98 Å².